The molecule has 1 heteroatoms. The molecule has 0 aromatic heterocycles. The fourth-order valence-electron chi connectivity index (χ4n) is 3.16. The summed E-state index contributed by atoms with van der Waals surface area (Å²) < 4.78 is 0. The Morgan fingerprint density at radius 1 is 1.11 bits per heavy atom. The van der Waals surface area contributed by atoms with Gasteiger partial charge in [0.2, 0.25) is 0 Å². The number of benzene rings is 1. The Labute approximate surface area is 120 Å². The van der Waals surface area contributed by atoms with Gasteiger partial charge in [-0.1, -0.05) is 72.8 Å². The largest absolute Gasteiger partial charge is 0.0921 e. The fraction of sp³-hybridized carbons (Fsp3) is 0.647. The van der Waals surface area contributed by atoms with Crippen molar-refractivity contribution in [3.05, 3.63) is 35.4 Å². The average Bonchev–Trinajstić information content (AvgIpc) is 2.46. The molecular weight excluding hydrogens is 284 g/mol. The lowest BCUT2D eigenvalue weighted by molar-refractivity contribution is 0.443. The van der Waals surface area contributed by atoms with Gasteiger partial charge < -0.3 is 0 Å². The van der Waals surface area contributed by atoms with Crippen molar-refractivity contribution in [1.29, 1.82) is 0 Å². The Morgan fingerprint density at radius 3 is 2.33 bits per heavy atom. The van der Waals surface area contributed by atoms with Crippen LogP contribution in [0.5, 0.6) is 0 Å². The topological polar surface area (TPSA) is 0 Å². The lowest BCUT2D eigenvalue weighted by Crippen LogP contribution is -2.05. The molecule has 0 nitrogen and oxygen atoms in total. The van der Waals surface area contributed by atoms with Gasteiger partial charge in [-0.05, 0) is 42.2 Å². The summed E-state index contributed by atoms with van der Waals surface area (Å²) >= 11 is 3.65. The molecule has 1 unspecified atom stereocenters. The van der Waals surface area contributed by atoms with E-state index >= 15 is 0 Å². The quantitative estimate of drug-likeness (QED) is 0.584. The minimum atomic E-state index is 0.690. The van der Waals surface area contributed by atoms with Gasteiger partial charge in [0.1, 0.15) is 0 Å². The Morgan fingerprint density at radius 2 is 1.78 bits per heavy atom. The summed E-state index contributed by atoms with van der Waals surface area (Å²) in [7, 11) is 0. The molecule has 0 aliphatic heterocycles. The molecule has 1 aromatic carbocycles. The molecule has 0 amide bonds. The number of halogens is 1. The van der Waals surface area contributed by atoms with E-state index in [0.29, 0.717) is 5.92 Å². The summed E-state index contributed by atoms with van der Waals surface area (Å²) in [6.45, 7) is 2.27. The van der Waals surface area contributed by atoms with E-state index < -0.39 is 0 Å². The molecule has 1 aromatic rings. The third-order valence-electron chi connectivity index (χ3n) is 4.31. The standard InChI is InChI=1S/C17H25Br/c1-2-6-17(13-18)16-11-9-15(10-12-16)14-7-4-3-5-8-14/h9-12,14,17H,2-8,13H2,1H3. The second kappa shape index (κ2) is 7.33. The van der Waals surface area contributed by atoms with E-state index in [4.69, 9.17) is 0 Å². The maximum atomic E-state index is 3.65. The van der Waals surface area contributed by atoms with Gasteiger partial charge in [-0.25, -0.2) is 0 Å². The zero-order valence-electron chi connectivity index (χ0n) is 11.5. The molecule has 0 bridgehead atoms. The van der Waals surface area contributed by atoms with Crippen molar-refractivity contribution in [2.24, 2.45) is 0 Å². The lowest BCUT2D eigenvalue weighted by Gasteiger charge is -2.22. The predicted octanol–water partition coefficient (Wildman–Crippen LogP) is 6.01. The SMILES string of the molecule is CCCC(CBr)c1ccc(C2CCCCC2)cc1. The second-order valence-corrected chi connectivity index (χ2v) is 6.29. The van der Waals surface area contributed by atoms with E-state index in [-0.39, 0.29) is 0 Å². The van der Waals surface area contributed by atoms with Gasteiger partial charge >= 0.3 is 0 Å². The first-order chi connectivity index (χ1) is 8.85. The summed E-state index contributed by atoms with van der Waals surface area (Å²) in [5.74, 6) is 1.52. The zero-order chi connectivity index (χ0) is 12.8. The molecule has 0 N–H and O–H groups in total. The first-order valence-corrected chi connectivity index (χ1v) is 8.63. The molecular formula is C17H25Br. The maximum Gasteiger partial charge on any atom is 0.0100 e. The summed E-state index contributed by atoms with van der Waals surface area (Å²) in [5, 5.41) is 1.09. The third kappa shape index (κ3) is 3.60. The Balaban J connectivity index is 2.03. The van der Waals surface area contributed by atoms with Crippen molar-refractivity contribution in [3.63, 3.8) is 0 Å². The van der Waals surface area contributed by atoms with Gasteiger partial charge in [-0.3, -0.25) is 0 Å². The monoisotopic (exact) mass is 308 g/mol. The van der Waals surface area contributed by atoms with Crippen LogP contribution >= 0.6 is 15.9 Å². The van der Waals surface area contributed by atoms with Gasteiger partial charge in [0.15, 0.2) is 0 Å². The van der Waals surface area contributed by atoms with Crippen LogP contribution in [0.4, 0.5) is 0 Å². The third-order valence-corrected chi connectivity index (χ3v) is 5.09. The first-order valence-electron chi connectivity index (χ1n) is 7.51. The van der Waals surface area contributed by atoms with Crippen LogP contribution in [0.15, 0.2) is 24.3 Å². The first kappa shape index (κ1) is 14.1. The van der Waals surface area contributed by atoms with E-state index in [9.17, 15) is 0 Å². The van der Waals surface area contributed by atoms with Crippen LogP contribution in [-0.4, -0.2) is 5.33 Å². The lowest BCUT2D eigenvalue weighted by atomic mass is 9.83. The van der Waals surface area contributed by atoms with Crippen molar-refractivity contribution in [3.8, 4) is 0 Å². The highest BCUT2D eigenvalue weighted by molar-refractivity contribution is 9.09. The molecule has 0 spiro atoms. The van der Waals surface area contributed by atoms with Gasteiger partial charge in [-0.15, -0.1) is 0 Å². The minimum Gasteiger partial charge on any atom is -0.0921 e. The highest BCUT2D eigenvalue weighted by Crippen LogP contribution is 2.33. The second-order valence-electron chi connectivity index (χ2n) is 5.64. The van der Waals surface area contributed by atoms with Crippen molar-refractivity contribution >= 4 is 15.9 Å². The van der Waals surface area contributed by atoms with E-state index in [0.717, 1.165) is 11.2 Å². The molecule has 0 saturated heterocycles. The van der Waals surface area contributed by atoms with Crippen LogP contribution in [0.25, 0.3) is 0 Å². The highest BCUT2D eigenvalue weighted by Gasteiger charge is 2.16. The van der Waals surface area contributed by atoms with Crippen LogP contribution in [0, 0.1) is 0 Å². The average molecular weight is 309 g/mol. The van der Waals surface area contributed by atoms with Crippen molar-refractivity contribution in [1.82, 2.24) is 0 Å². The number of rotatable bonds is 5. The molecule has 0 heterocycles. The Bertz CT molecular complexity index is 311. The van der Waals surface area contributed by atoms with E-state index in [1.165, 1.54) is 50.5 Å². The predicted molar refractivity (Wildman–Crippen MR) is 83.7 cm³/mol. The van der Waals surface area contributed by atoms with Gasteiger partial charge in [0.05, 0.1) is 0 Å². The maximum absolute atomic E-state index is 3.65. The van der Waals surface area contributed by atoms with Crippen LogP contribution < -0.4 is 0 Å². The molecule has 1 aliphatic rings. The minimum absolute atomic E-state index is 0.690. The summed E-state index contributed by atoms with van der Waals surface area (Å²) in [6.07, 6.45) is 9.64. The number of alkyl halides is 1. The zero-order valence-corrected chi connectivity index (χ0v) is 13.1. The van der Waals surface area contributed by atoms with E-state index in [1.54, 1.807) is 5.56 Å². The van der Waals surface area contributed by atoms with E-state index in [2.05, 4.69) is 47.1 Å². The number of hydrogen-bond acceptors (Lipinski definition) is 0. The van der Waals surface area contributed by atoms with Gasteiger partial charge in [0, 0.05) is 5.33 Å². The molecule has 2 rings (SSSR count). The molecule has 18 heavy (non-hydrogen) atoms. The van der Waals surface area contributed by atoms with E-state index in [1.807, 2.05) is 0 Å². The summed E-state index contributed by atoms with van der Waals surface area (Å²) in [6, 6.07) is 9.50. The summed E-state index contributed by atoms with van der Waals surface area (Å²) in [4.78, 5) is 0. The van der Waals surface area contributed by atoms with Crippen molar-refractivity contribution in [2.75, 3.05) is 5.33 Å². The fourth-order valence-corrected chi connectivity index (χ4v) is 3.86. The Hall–Kier alpha value is -0.300. The smallest absolute Gasteiger partial charge is 0.0100 e. The number of hydrogen-bond donors (Lipinski definition) is 0. The van der Waals surface area contributed by atoms with Crippen LogP contribution in [0.2, 0.25) is 0 Å². The molecule has 100 valence electrons. The van der Waals surface area contributed by atoms with Crippen LogP contribution in [0.1, 0.15) is 74.8 Å². The molecule has 0 radical (unpaired) electrons. The molecule has 1 saturated carbocycles. The van der Waals surface area contributed by atoms with Crippen LogP contribution in [0.3, 0.4) is 0 Å². The molecule has 1 atom stereocenters. The van der Waals surface area contributed by atoms with Crippen molar-refractivity contribution < 1.29 is 0 Å². The summed E-state index contributed by atoms with van der Waals surface area (Å²) in [5.41, 5.74) is 3.08. The molecule has 1 fully saturated rings. The highest BCUT2D eigenvalue weighted by atomic mass is 79.9. The normalized spacial score (nSPS) is 18.8. The van der Waals surface area contributed by atoms with Crippen molar-refractivity contribution in [2.45, 2.75) is 63.7 Å². The van der Waals surface area contributed by atoms with Gasteiger partial charge in [-0.2, -0.15) is 0 Å². The van der Waals surface area contributed by atoms with Crippen LogP contribution in [-0.2, 0) is 0 Å². The molecule has 1 aliphatic carbocycles. The van der Waals surface area contributed by atoms with Gasteiger partial charge in [0.25, 0.3) is 0 Å². The Kier molecular flexibility index (Phi) is 5.75.